The summed E-state index contributed by atoms with van der Waals surface area (Å²) in [5, 5.41) is 15.4. The summed E-state index contributed by atoms with van der Waals surface area (Å²) >= 11 is 0. The van der Waals surface area contributed by atoms with E-state index in [0.717, 1.165) is 11.0 Å². The number of para-hydroxylation sites is 2. The molecule has 1 amide bonds. The van der Waals surface area contributed by atoms with E-state index < -0.39 is 6.10 Å². The molecular formula is C17H20N4O3. The topological polar surface area (TPSA) is 92.3 Å². The minimum absolute atomic E-state index is 0.128. The van der Waals surface area contributed by atoms with Crippen molar-refractivity contribution in [2.75, 3.05) is 11.9 Å². The molecule has 24 heavy (non-hydrogen) atoms. The van der Waals surface area contributed by atoms with E-state index in [1.165, 1.54) is 0 Å². The molecule has 2 heterocycles. The molecule has 0 fully saturated rings. The number of benzene rings is 1. The third-order valence-corrected chi connectivity index (χ3v) is 3.55. The Morgan fingerprint density at radius 1 is 1.33 bits per heavy atom. The number of hydrogen-bond donors (Lipinski definition) is 3. The highest BCUT2D eigenvalue weighted by Gasteiger charge is 2.14. The Bertz CT molecular complexity index is 808. The Balaban J connectivity index is 1.75. The zero-order valence-corrected chi connectivity index (χ0v) is 13.4. The van der Waals surface area contributed by atoms with E-state index >= 15 is 0 Å². The van der Waals surface area contributed by atoms with Gasteiger partial charge in [-0.15, -0.1) is 0 Å². The lowest BCUT2D eigenvalue weighted by Gasteiger charge is -2.12. The molecule has 1 aromatic carbocycles. The number of aliphatic hydroxyl groups excluding tert-OH is 1. The van der Waals surface area contributed by atoms with Crippen LogP contribution in [0, 0.1) is 0 Å². The third-order valence-electron chi connectivity index (χ3n) is 3.55. The monoisotopic (exact) mass is 328 g/mol. The molecule has 1 atom stereocenters. The van der Waals surface area contributed by atoms with Gasteiger partial charge in [0.1, 0.15) is 12.3 Å². The van der Waals surface area contributed by atoms with Crippen molar-refractivity contribution in [3.8, 4) is 0 Å². The fraction of sp³-hybridized carbons (Fsp3) is 0.294. The smallest absolute Gasteiger partial charge is 0.240 e. The summed E-state index contributed by atoms with van der Waals surface area (Å²) in [7, 11) is 0. The van der Waals surface area contributed by atoms with E-state index in [9.17, 15) is 9.90 Å². The van der Waals surface area contributed by atoms with Gasteiger partial charge in [-0.25, -0.2) is 4.98 Å². The van der Waals surface area contributed by atoms with Crippen molar-refractivity contribution in [3.63, 3.8) is 0 Å². The maximum Gasteiger partial charge on any atom is 0.240 e. The quantitative estimate of drug-likeness (QED) is 0.614. The van der Waals surface area contributed by atoms with Crippen LogP contribution in [0.4, 0.5) is 5.95 Å². The lowest BCUT2D eigenvalue weighted by molar-refractivity contribution is -0.121. The number of furan rings is 1. The summed E-state index contributed by atoms with van der Waals surface area (Å²) in [6.07, 6.45) is 1.06. The maximum absolute atomic E-state index is 12.3. The van der Waals surface area contributed by atoms with Gasteiger partial charge in [-0.05, 0) is 31.2 Å². The van der Waals surface area contributed by atoms with Crippen LogP contribution in [0.1, 0.15) is 12.7 Å². The second-order valence-electron chi connectivity index (χ2n) is 5.60. The van der Waals surface area contributed by atoms with Crippen molar-refractivity contribution < 1.29 is 14.3 Å². The number of amides is 1. The number of rotatable bonds is 7. The lowest BCUT2D eigenvalue weighted by Crippen LogP contribution is -2.28. The molecule has 3 aromatic rings. The van der Waals surface area contributed by atoms with Gasteiger partial charge < -0.3 is 24.7 Å². The van der Waals surface area contributed by atoms with E-state index in [-0.39, 0.29) is 12.5 Å². The van der Waals surface area contributed by atoms with Crippen LogP contribution in [-0.2, 0) is 17.9 Å². The number of anilines is 1. The first-order chi connectivity index (χ1) is 11.6. The van der Waals surface area contributed by atoms with E-state index in [2.05, 4.69) is 15.6 Å². The van der Waals surface area contributed by atoms with E-state index in [4.69, 9.17) is 4.42 Å². The molecule has 1 unspecified atom stereocenters. The predicted molar refractivity (Wildman–Crippen MR) is 90.5 cm³/mol. The molecule has 0 aliphatic rings. The highest BCUT2D eigenvalue weighted by Crippen LogP contribution is 2.19. The number of aliphatic hydroxyl groups is 1. The van der Waals surface area contributed by atoms with Crippen molar-refractivity contribution in [2.45, 2.75) is 26.1 Å². The van der Waals surface area contributed by atoms with Crippen molar-refractivity contribution in [3.05, 3.63) is 48.4 Å². The highest BCUT2D eigenvalue weighted by molar-refractivity contribution is 5.83. The Kier molecular flexibility index (Phi) is 4.81. The lowest BCUT2D eigenvalue weighted by atomic mass is 10.3. The molecule has 0 saturated heterocycles. The van der Waals surface area contributed by atoms with Crippen LogP contribution < -0.4 is 10.6 Å². The second kappa shape index (κ2) is 7.18. The van der Waals surface area contributed by atoms with Crippen LogP contribution in [0.3, 0.4) is 0 Å². The normalized spacial score (nSPS) is 12.2. The van der Waals surface area contributed by atoms with E-state index in [1.807, 2.05) is 30.3 Å². The first-order valence-corrected chi connectivity index (χ1v) is 7.80. The van der Waals surface area contributed by atoms with Gasteiger partial charge >= 0.3 is 0 Å². The molecule has 0 saturated carbocycles. The van der Waals surface area contributed by atoms with Gasteiger partial charge in [-0.2, -0.15) is 0 Å². The van der Waals surface area contributed by atoms with Crippen LogP contribution in [0.2, 0.25) is 0 Å². The number of hydrogen-bond acceptors (Lipinski definition) is 5. The number of fused-ring (bicyclic) bond motifs is 1. The predicted octanol–water partition coefficient (Wildman–Crippen LogP) is 1.74. The molecule has 2 aromatic heterocycles. The summed E-state index contributed by atoms with van der Waals surface area (Å²) in [4.78, 5) is 16.8. The molecule has 0 bridgehead atoms. The van der Waals surface area contributed by atoms with Gasteiger partial charge in [0, 0.05) is 6.54 Å². The van der Waals surface area contributed by atoms with Gasteiger partial charge in [-0.3, -0.25) is 4.79 Å². The third kappa shape index (κ3) is 3.75. The number of aromatic nitrogens is 2. The minimum Gasteiger partial charge on any atom is -0.467 e. The van der Waals surface area contributed by atoms with Gasteiger partial charge in [-0.1, -0.05) is 12.1 Å². The molecular weight excluding hydrogens is 308 g/mol. The molecule has 0 radical (unpaired) electrons. The second-order valence-corrected chi connectivity index (χ2v) is 5.60. The summed E-state index contributed by atoms with van der Waals surface area (Å²) in [5.74, 6) is 1.12. The number of nitrogens with one attached hydrogen (secondary N) is 2. The molecule has 7 nitrogen and oxygen atoms in total. The molecule has 3 rings (SSSR count). The number of nitrogens with zero attached hydrogens (tertiary/aromatic N) is 2. The highest BCUT2D eigenvalue weighted by atomic mass is 16.3. The first-order valence-electron chi connectivity index (χ1n) is 7.80. The van der Waals surface area contributed by atoms with Crippen LogP contribution in [0.15, 0.2) is 47.1 Å². The van der Waals surface area contributed by atoms with E-state index in [0.29, 0.717) is 24.8 Å². The van der Waals surface area contributed by atoms with Crippen LogP contribution >= 0.6 is 0 Å². The van der Waals surface area contributed by atoms with E-state index in [1.54, 1.807) is 23.8 Å². The van der Waals surface area contributed by atoms with Crippen LogP contribution in [0.25, 0.3) is 11.0 Å². The molecule has 3 N–H and O–H groups in total. The molecule has 0 aliphatic carbocycles. The largest absolute Gasteiger partial charge is 0.467 e. The fourth-order valence-corrected chi connectivity index (χ4v) is 2.41. The molecule has 7 heteroatoms. The van der Waals surface area contributed by atoms with Crippen LogP contribution in [0.5, 0.6) is 0 Å². The fourth-order valence-electron chi connectivity index (χ4n) is 2.41. The summed E-state index contributed by atoms with van der Waals surface area (Å²) in [5.41, 5.74) is 1.66. The molecule has 0 spiro atoms. The maximum atomic E-state index is 12.3. The summed E-state index contributed by atoms with van der Waals surface area (Å²) in [6.45, 7) is 2.52. The SMILES string of the molecule is CC(O)CNc1nc2ccccc2n1CC(=O)NCc1ccco1. The minimum atomic E-state index is -0.508. The summed E-state index contributed by atoms with van der Waals surface area (Å²) in [6, 6.07) is 11.2. The van der Waals surface area contributed by atoms with Crippen LogP contribution in [-0.4, -0.2) is 33.2 Å². The van der Waals surface area contributed by atoms with Crippen molar-refractivity contribution in [1.82, 2.24) is 14.9 Å². The van der Waals surface area contributed by atoms with Crippen molar-refractivity contribution in [2.24, 2.45) is 0 Å². The zero-order chi connectivity index (χ0) is 16.9. The molecule has 0 aliphatic heterocycles. The van der Waals surface area contributed by atoms with Crippen molar-refractivity contribution >= 4 is 22.9 Å². The Morgan fingerprint density at radius 2 is 2.17 bits per heavy atom. The van der Waals surface area contributed by atoms with Crippen molar-refractivity contribution in [1.29, 1.82) is 0 Å². The Morgan fingerprint density at radius 3 is 2.92 bits per heavy atom. The standard InChI is InChI=1S/C17H20N4O3/c1-12(22)9-19-17-20-14-6-2-3-7-15(14)21(17)11-16(23)18-10-13-5-4-8-24-13/h2-8,12,22H,9-11H2,1H3,(H,18,23)(H,19,20). The Labute approximate surface area is 139 Å². The summed E-state index contributed by atoms with van der Waals surface area (Å²) < 4.78 is 7.00. The van der Waals surface area contributed by atoms with Gasteiger partial charge in [0.2, 0.25) is 11.9 Å². The van der Waals surface area contributed by atoms with Gasteiger partial charge in [0.15, 0.2) is 0 Å². The van der Waals surface area contributed by atoms with Gasteiger partial charge in [0.05, 0.1) is 29.9 Å². The zero-order valence-electron chi connectivity index (χ0n) is 13.4. The number of carbonyl (C=O) groups is 1. The number of imidazole rings is 1. The molecule has 126 valence electrons. The average molecular weight is 328 g/mol. The van der Waals surface area contributed by atoms with Gasteiger partial charge in [0.25, 0.3) is 0 Å². The number of carbonyl (C=O) groups excluding carboxylic acids is 1. The average Bonchev–Trinajstić information content (AvgIpc) is 3.19. The Hall–Kier alpha value is -2.80. The first kappa shape index (κ1) is 16.1.